The molecule has 0 radical (unpaired) electrons. The van der Waals surface area contributed by atoms with Crippen molar-refractivity contribution in [2.75, 3.05) is 6.67 Å². The number of nitrogens with zero attached hydrogens (tertiary/aromatic N) is 2. The van der Waals surface area contributed by atoms with Gasteiger partial charge < -0.3 is 10.2 Å². The summed E-state index contributed by atoms with van der Waals surface area (Å²) in [7, 11) is 0. The molecule has 25 heavy (non-hydrogen) atoms. The van der Waals surface area contributed by atoms with Crippen molar-refractivity contribution in [1.82, 2.24) is 15.1 Å². The van der Waals surface area contributed by atoms with E-state index in [1.165, 1.54) is 4.90 Å². The van der Waals surface area contributed by atoms with Crippen LogP contribution in [0, 0.1) is 23.7 Å². The van der Waals surface area contributed by atoms with Crippen molar-refractivity contribution in [3.05, 3.63) is 12.2 Å². The average Bonchev–Trinajstić information content (AvgIpc) is 2.87. The second kappa shape index (κ2) is 6.15. The van der Waals surface area contributed by atoms with Crippen LogP contribution in [0.5, 0.6) is 0 Å². The van der Waals surface area contributed by atoms with Crippen LogP contribution in [0.3, 0.4) is 0 Å². The molecule has 0 aromatic carbocycles. The standard InChI is InChI=1S/C19H27N3O3/c1-11-4-3-5-12(2)22(11)19(25)20-10-21-17(23)15-13-6-7-14(9-8-13)16(15)18(21)24/h6-7,11-16H,3-5,8-10H2,1-2H3,(H,20,25). The molecule has 2 bridgehead atoms. The zero-order valence-corrected chi connectivity index (χ0v) is 15.0. The number of carbonyl (C=O) groups is 3. The maximum atomic E-state index is 12.8. The van der Waals surface area contributed by atoms with E-state index in [2.05, 4.69) is 31.3 Å². The van der Waals surface area contributed by atoms with Gasteiger partial charge in [0.2, 0.25) is 11.8 Å². The summed E-state index contributed by atoms with van der Waals surface area (Å²) in [6, 6.07) is 0.212. The van der Waals surface area contributed by atoms with E-state index < -0.39 is 0 Å². The van der Waals surface area contributed by atoms with Gasteiger partial charge in [-0.2, -0.15) is 0 Å². The van der Waals surface area contributed by atoms with E-state index in [0.29, 0.717) is 0 Å². The first-order valence-electron chi connectivity index (χ1n) is 9.58. The number of hydrogen-bond donors (Lipinski definition) is 1. The third kappa shape index (κ3) is 2.57. The number of amides is 4. The summed E-state index contributed by atoms with van der Waals surface area (Å²) in [6.45, 7) is 4.11. The van der Waals surface area contributed by atoms with Gasteiger partial charge in [0.15, 0.2) is 0 Å². The summed E-state index contributed by atoms with van der Waals surface area (Å²) in [5.41, 5.74) is 0. The van der Waals surface area contributed by atoms with Crippen molar-refractivity contribution in [1.29, 1.82) is 0 Å². The zero-order chi connectivity index (χ0) is 17.7. The molecule has 1 N–H and O–H groups in total. The fraction of sp³-hybridized carbons (Fsp3) is 0.737. The number of fused-ring (bicyclic) bond motifs is 1. The number of allylic oxidation sites excluding steroid dienone is 2. The predicted octanol–water partition coefficient (Wildman–Crippen LogP) is 2.11. The van der Waals surface area contributed by atoms with Crippen LogP contribution in [0.1, 0.15) is 46.0 Å². The van der Waals surface area contributed by atoms with Crippen LogP contribution < -0.4 is 5.32 Å². The van der Waals surface area contributed by atoms with Crippen molar-refractivity contribution in [2.45, 2.75) is 58.0 Å². The monoisotopic (exact) mass is 345 g/mol. The first kappa shape index (κ1) is 16.6. The number of hydrogen-bond acceptors (Lipinski definition) is 3. The maximum absolute atomic E-state index is 12.8. The first-order chi connectivity index (χ1) is 12.0. The van der Waals surface area contributed by atoms with Crippen LogP contribution >= 0.6 is 0 Å². The van der Waals surface area contributed by atoms with Crippen molar-refractivity contribution in [3.63, 3.8) is 0 Å². The highest BCUT2D eigenvalue weighted by atomic mass is 16.2. The average molecular weight is 345 g/mol. The van der Waals surface area contributed by atoms with Gasteiger partial charge in [0.1, 0.15) is 6.67 Å². The predicted molar refractivity (Wildman–Crippen MR) is 92.2 cm³/mol. The molecule has 3 aliphatic carbocycles. The minimum absolute atomic E-state index is 0.00111. The molecule has 2 saturated heterocycles. The molecule has 6 atom stereocenters. The van der Waals surface area contributed by atoms with E-state index in [1.807, 2.05) is 4.90 Å². The molecule has 6 nitrogen and oxygen atoms in total. The summed E-state index contributed by atoms with van der Waals surface area (Å²) in [4.78, 5) is 41.3. The van der Waals surface area contributed by atoms with Gasteiger partial charge in [0.05, 0.1) is 11.8 Å². The molecule has 5 rings (SSSR count). The van der Waals surface area contributed by atoms with Crippen LogP contribution in [-0.2, 0) is 9.59 Å². The van der Waals surface area contributed by atoms with E-state index in [9.17, 15) is 14.4 Å². The molecule has 6 unspecified atom stereocenters. The van der Waals surface area contributed by atoms with Gasteiger partial charge >= 0.3 is 6.03 Å². The number of nitrogens with one attached hydrogen (secondary N) is 1. The number of likely N-dealkylation sites (tertiary alicyclic amines) is 2. The van der Waals surface area contributed by atoms with Crippen LogP contribution in [0.25, 0.3) is 0 Å². The lowest BCUT2D eigenvalue weighted by Gasteiger charge is -2.39. The Balaban J connectivity index is 1.43. The lowest BCUT2D eigenvalue weighted by molar-refractivity contribution is -0.140. The molecule has 3 fully saturated rings. The van der Waals surface area contributed by atoms with E-state index in [1.54, 1.807) is 0 Å². The van der Waals surface area contributed by atoms with Crippen molar-refractivity contribution in [3.8, 4) is 0 Å². The molecule has 4 amide bonds. The van der Waals surface area contributed by atoms with E-state index in [0.717, 1.165) is 32.1 Å². The van der Waals surface area contributed by atoms with Crippen molar-refractivity contribution >= 4 is 17.8 Å². The third-order valence-corrected chi connectivity index (χ3v) is 6.67. The lowest BCUT2D eigenvalue weighted by Crippen LogP contribution is -2.54. The Labute approximate surface area is 148 Å². The van der Waals surface area contributed by atoms with Gasteiger partial charge in [0, 0.05) is 12.1 Å². The van der Waals surface area contributed by atoms with Gasteiger partial charge in [-0.1, -0.05) is 12.2 Å². The molecule has 2 heterocycles. The molecular formula is C19H27N3O3. The minimum atomic E-state index is -0.207. The quantitative estimate of drug-likeness (QED) is 0.616. The summed E-state index contributed by atoms with van der Waals surface area (Å²) in [6.07, 6.45) is 9.33. The van der Waals surface area contributed by atoms with E-state index in [-0.39, 0.29) is 60.3 Å². The SMILES string of the molecule is CC1CCCC(C)N1C(=O)NCN1C(=O)C2C3C=CC(CC3)C2C1=O. The highest BCUT2D eigenvalue weighted by molar-refractivity contribution is 6.06. The van der Waals surface area contributed by atoms with E-state index in [4.69, 9.17) is 0 Å². The fourth-order valence-corrected chi connectivity index (χ4v) is 5.35. The molecule has 1 saturated carbocycles. The maximum Gasteiger partial charge on any atom is 0.319 e. The Morgan fingerprint density at radius 3 is 2.00 bits per heavy atom. The largest absolute Gasteiger partial charge is 0.320 e. The number of carbonyl (C=O) groups excluding carboxylic acids is 3. The molecule has 0 aromatic heterocycles. The van der Waals surface area contributed by atoms with Gasteiger partial charge in [-0.05, 0) is 57.8 Å². The molecular weight excluding hydrogens is 318 g/mol. The Morgan fingerprint density at radius 1 is 1.00 bits per heavy atom. The zero-order valence-electron chi connectivity index (χ0n) is 15.0. The van der Waals surface area contributed by atoms with Crippen molar-refractivity contribution < 1.29 is 14.4 Å². The smallest absolute Gasteiger partial charge is 0.319 e. The number of piperidine rings is 1. The molecule has 136 valence electrons. The summed E-state index contributed by atoms with van der Waals surface area (Å²) < 4.78 is 0. The first-order valence-corrected chi connectivity index (χ1v) is 9.58. The highest BCUT2D eigenvalue weighted by Crippen LogP contribution is 2.49. The highest BCUT2D eigenvalue weighted by Gasteiger charge is 2.56. The second-order valence-corrected chi connectivity index (χ2v) is 8.12. The molecule has 0 aromatic rings. The van der Waals surface area contributed by atoms with Crippen LogP contribution in [0.4, 0.5) is 4.79 Å². The lowest BCUT2D eigenvalue weighted by atomic mass is 9.63. The normalized spacial score (nSPS) is 39.8. The van der Waals surface area contributed by atoms with E-state index >= 15 is 0 Å². The molecule has 6 heteroatoms. The fourth-order valence-electron chi connectivity index (χ4n) is 5.35. The number of imide groups is 1. The summed E-state index contributed by atoms with van der Waals surface area (Å²) in [5, 5.41) is 2.83. The van der Waals surface area contributed by atoms with Crippen LogP contribution in [0.15, 0.2) is 12.2 Å². The van der Waals surface area contributed by atoms with Crippen molar-refractivity contribution in [2.24, 2.45) is 23.7 Å². The molecule has 5 aliphatic rings. The van der Waals surface area contributed by atoms with Gasteiger partial charge in [-0.25, -0.2) is 4.79 Å². The minimum Gasteiger partial charge on any atom is -0.320 e. The number of urea groups is 1. The van der Waals surface area contributed by atoms with Gasteiger partial charge in [-0.15, -0.1) is 0 Å². The Kier molecular flexibility index (Phi) is 4.08. The number of rotatable bonds is 2. The summed E-state index contributed by atoms with van der Waals surface area (Å²) in [5.74, 6) is -0.242. The second-order valence-electron chi connectivity index (χ2n) is 8.12. The van der Waals surface area contributed by atoms with Gasteiger partial charge in [-0.3, -0.25) is 14.5 Å². The van der Waals surface area contributed by atoms with Crippen LogP contribution in [-0.4, -0.2) is 46.4 Å². The van der Waals surface area contributed by atoms with Crippen LogP contribution in [0.2, 0.25) is 0 Å². The summed E-state index contributed by atoms with van der Waals surface area (Å²) >= 11 is 0. The Morgan fingerprint density at radius 2 is 1.52 bits per heavy atom. The van der Waals surface area contributed by atoms with Gasteiger partial charge in [0.25, 0.3) is 0 Å². The topological polar surface area (TPSA) is 69.7 Å². The third-order valence-electron chi connectivity index (χ3n) is 6.67. The Hall–Kier alpha value is -1.85. The molecule has 0 spiro atoms. The molecule has 2 aliphatic heterocycles. The Bertz CT molecular complexity index is 589.